The molecule has 158 valence electrons. The first-order valence-electron chi connectivity index (χ1n) is 9.69. The summed E-state index contributed by atoms with van der Waals surface area (Å²) in [6.45, 7) is 0.863. The maximum atomic E-state index is 12.7. The molecule has 0 aliphatic carbocycles. The predicted molar refractivity (Wildman–Crippen MR) is 115 cm³/mol. The monoisotopic (exact) mass is 435 g/mol. The Morgan fingerprint density at radius 2 is 1.68 bits per heavy atom. The van der Waals surface area contributed by atoms with Crippen molar-refractivity contribution in [3.8, 4) is 0 Å². The summed E-state index contributed by atoms with van der Waals surface area (Å²) in [7, 11) is -3.59. The van der Waals surface area contributed by atoms with Gasteiger partial charge >= 0.3 is 0 Å². The number of furan rings is 1. The molecule has 2 aromatic heterocycles. The Morgan fingerprint density at radius 3 is 2.42 bits per heavy atom. The maximum Gasteiger partial charge on any atom is 0.287 e. The van der Waals surface area contributed by atoms with Crippen LogP contribution in [0.3, 0.4) is 0 Å². The highest BCUT2D eigenvalue weighted by molar-refractivity contribution is 7.90. The van der Waals surface area contributed by atoms with Crippen molar-refractivity contribution in [1.82, 2.24) is 15.1 Å². The molecule has 0 fully saturated rings. The van der Waals surface area contributed by atoms with Crippen LogP contribution < -0.4 is 5.32 Å². The lowest BCUT2D eigenvalue weighted by Gasteiger charge is -2.11. The molecule has 0 spiro atoms. The SMILES string of the molecule is O=C(NCc1ccccc1Cn1cccn1)c1occc1CS(=O)(=O)c1ccccc1. The van der Waals surface area contributed by atoms with Crippen molar-refractivity contribution in [3.63, 3.8) is 0 Å². The third-order valence-corrected chi connectivity index (χ3v) is 6.53. The van der Waals surface area contributed by atoms with E-state index in [1.807, 2.05) is 36.5 Å². The molecule has 4 rings (SSSR count). The Labute approximate surface area is 180 Å². The molecule has 0 unspecified atom stereocenters. The van der Waals surface area contributed by atoms with E-state index >= 15 is 0 Å². The van der Waals surface area contributed by atoms with Crippen molar-refractivity contribution in [2.24, 2.45) is 0 Å². The van der Waals surface area contributed by atoms with E-state index in [1.165, 1.54) is 24.5 Å². The van der Waals surface area contributed by atoms with E-state index in [1.54, 1.807) is 29.1 Å². The van der Waals surface area contributed by atoms with Gasteiger partial charge in [-0.2, -0.15) is 5.10 Å². The molecule has 0 atom stereocenters. The summed E-state index contributed by atoms with van der Waals surface area (Å²) in [5, 5.41) is 7.05. The van der Waals surface area contributed by atoms with Gasteiger partial charge in [0, 0.05) is 24.5 Å². The third kappa shape index (κ3) is 4.92. The van der Waals surface area contributed by atoms with Crippen molar-refractivity contribution in [3.05, 3.63) is 108 Å². The van der Waals surface area contributed by atoms with Gasteiger partial charge in [-0.25, -0.2) is 8.42 Å². The van der Waals surface area contributed by atoms with Crippen LogP contribution in [0.4, 0.5) is 0 Å². The minimum absolute atomic E-state index is 0.00376. The Kier molecular flexibility index (Phi) is 5.99. The number of sulfone groups is 1. The number of hydrogen-bond acceptors (Lipinski definition) is 5. The summed E-state index contributed by atoms with van der Waals surface area (Å²) in [5.74, 6) is -0.771. The molecule has 1 amide bonds. The predicted octanol–water partition coefficient (Wildman–Crippen LogP) is 3.43. The van der Waals surface area contributed by atoms with Crippen LogP contribution in [0.2, 0.25) is 0 Å². The molecule has 0 aliphatic heterocycles. The Balaban J connectivity index is 1.46. The van der Waals surface area contributed by atoms with Crippen LogP contribution in [-0.2, 0) is 28.7 Å². The highest BCUT2D eigenvalue weighted by Gasteiger charge is 2.22. The number of hydrogen-bond donors (Lipinski definition) is 1. The van der Waals surface area contributed by atoms with E-state index in [0.29, 0.717) is 12.1 Å². The van der Waals surface area contributed by atoms with Crippen LogP contribution >= 0.6 is 0 Å². The average Bonchev–Trinajstić information content (AvgIpc) is 3.45. The fraction of sp³-hybridized carbons (Fsp3) is 0.130. The second-order valence-corrected chi connectivity index (χ2v) is 8.99. The van der Waals surface area contributed by atoms with Crippen LogP contribution in [0.15, 0.2) is 94.7 Å². The van der Waals surface area contributed by atoms with E-state index < -0.39 is 15.7 Å². The molecule has 1 N–H and O–H groups in total. The number of carbonyl (C=O) groups excluding carboxylic acids is 1. The van der Waals surface area contributed by atoms with E-state index in [0.717, 1.165) is 11.1 Å². The fourth-order valence-electron chi connectivity index (χ4n) is 3.27. The lowest BCUT2D eigenvalue weighted by molar-refractivity contribution is 0.0922. The zero-order valence-electron chi connectivity index (χ0n) is 16.6. The number of nitrogens with one attached hydrogen (secondary N) is 1. The first-order valence-corrected chi connectivity index (χ1v) is 11.3. The summed E-state index contributed by atoms with van der Waals surface area (Å²) in [4.78, 5) is 12.9. The topological polar surface area (TPSA) is 94.2 Å². The molecule has 31 heavy (non-hydrogen) atoms. The largest absolute Gasteiger partial charge is 0.459 e. The quantitative estimate of drug-likeness (QED) is 0.458. The summed E-state index contributed by atoms with van der Waals surface area (Å²) >= 11 is 0. The summed E-state index contributed by atoms with van der Waals surface area (Å²) in [5.41, 5.74) is 2.29. The minimum atomic E-state index is -3.59. The lowest BCUT2D eigenvalue weighted by atomic mass is 10.1. The van der Waals surface area contributed by atoms with Crippen molar-refractivity contribution in [2.75, 3.05) is 0 Å². The van der Waals surface area contributed by atoms with E-state index in [9.17, 15) is 13.2 Å². The number of rotatable bonds is 8. The van der Waals surface area contributed by atoms with Gasteiger partial charge in [0.2, 0.25) is 0 Å². The summed E-state index contributed by atoms with van der Waals surface area (Å²) in [6.07, 6.45) is 4.92. The second-order valence-electron chi connectivity index (χ2n) is 7.00. The summed E-state index contributed by atoms with van der Waals surface area (Å²) < 4.78 is 32.5. The fourth-order valence-corrected chi connectivity index (χ4v) is 4.65. The van der Waals surface area contributed by atoms with Gasteiger partial charge in [-0.3, -0.25) is 9.48 Å². The van der Waals surface area contributed by atoms with Gasteiger partial charge in [-0.15, -0.1) is 0 Å². The molecule has 8 heteroatoms. The van der Waals surface area contributed by atoms with Gasteiger partial charge in [0.15, 0.2) is 15.6 Å². The van der Waals surface area contributed by atoms with Gasteiger partial charge in [-0.1, -0.05) is 42.5 Å². The smallest absolute Gasteiger partial charge is 0.287 e. The highest BCUT2D eigenvalue weighted by atomic mass is 32.2. The van der Waals surface area contributed by atoms with E-state index in [-0.39, 0.29) is 23.0 Å². The lowest BCUT2D eigenvalue weighted by Crippen LogP contribution is -2.24. The van der Waals surface area contributed by atoms with Crippen molar-refractivity contribution >= 4 is 15.7 Å². The highest BCUT2D eigenvalue weighted by Crippen LogP contribution is 2.20. The Bertz CT molecular complexity index is 1260. The van der Waals surface area contributed by atoms with E-state index in [4.69, 9.17) is 4.42 Å². The van der Waals surface area contributed by atoms with Crippen LogP contribution in [0, 0.1) is 0 Å². The zero-order chi connectivity index (χ0) is 21.7. The standard InChI is InChI=1S/C23H21N3O4S/c27-23(24-15-18-7-4-5-8-19(18)16-26-13-6-12-25-26)22-20(11-14-30-22)17-31(28,29)21-9-2-1-3-10-21/h1-14H,15-17H2,(H,24,27). The van der Waals surface area contributed by atoms with Gasteiger partial charge < -0.3 is 9.73 Å². The number of amides is 1. The Hall–Kier alpha value is -3.65. The van der Waals surface area contributed by atoms with Gasteiger partial charge in [-0.05, 0) is 35.4 Å². The maximum absolute atomic E-state index is 12.7. The van der Waals surface area contributed by atoms with Crippen LogP contribution in [0.1, 0.15) is 27.2 Å². The molecular formula is C23H21N3O4S. The number of benzene rings is 2. The van der Waals surface area contributed by atoms with Crippen molar-refractivity contribution in [1.29, 1.82) is 0 Å². The van der Waals surface area contributed by atoms with Crippen LogP contribution in [-0.4, -0.2) is 24.1 Å². The Morgan fingerprint density at radius 1 is 0.935 bits per heavy atom. The molecule has 0 aliphatic rings. The first-order chi connectivity index (χ1) is 15.0. The molecule has 2 aromatic carbocycles. The molecule has 4 aromatic rings. The first kappa shape index (κ1) is 20.6. The van der Waals surface area contributed by atoms with Crippen molar-refractivity contribution < 1.29 is 17.6 Å². The molecule has 2 heterocycles. The number of nitrogens with zero attached hydrogens (tertiary/aromatic N) is 2. The molecule has 0 saturated heterocycles. The zero-order valence-corrected chi connectivity index (χ0v) is 17.5. The minimum Gasteiger partial charge on any atom is -0.459 e. The van der Waals surface area contributed by atoms with Crippen LogP contribution in [0.5, 0.6) is 0 Å². The van der Waals surface area contributed by atoms with Gasteiger partial charge in [0.1, 0.15) is 0 Å². The average molecular weight is 436 g/mol. The third-order valence-electron chi connectivity index (χ3n) is 4.85. The molecule has 0 radical (unpaired) electrons. The van der Waals surface area contributed by atoms with Gasteiger partial charge in [0.05, 0.1) is 23.5 Å². The molecular weight excluding hydrogens is 414 g/mol. The normalized spacial score (nSPS) is 11.4. The molecule has 0 saturated carbocycles. The molecule has 7 nitrogen and oxygen atoms in total. The second kappa shape index (κ2) is 9.01. The summed E-state index contributed by atoms with van der Waals surface area (Å²) in [6, 6.07) is 19.3. The van der Waals surface area contributed by atoms with Crippen molar-refractivity contribution in [2.45, 2.75) is 23.7 Å². The number of carbonyl (C=O) groups is 1. The van der Waals surface area contributed by atoms with E-state index in [2.05, 4.69) is 10.4 Å². The van der Waals surface area contributed by atoms with Gasteiger partial charge in [0.25, 0.3) is 5.91 Å². The van der Waals surface area contributed by atoms with Crippen LogP contribution in [0.25, 0.3) is 0 Å². The number of aromatic nitrogens is 2. The molecule has 0 bridgehead atoms.